The van der Waals surface area contributed by atoms with Crippen LogP contribution >= 0.6 is 0 Å². The molecule has 0 aliphatic carbocycles. The lowest BCUT2D eigenvalue weighted by Crippen LogP contribution is -2.28. The molecule has 0 fully saturated rings. The van der Waals surface area contributed by atoms with Crippen LogP contribution in [0.15, 0.2) is 18.2 Å². The normalized spacial score (nSPS) is 12.2. The molecule has 0 saturated carbocycles. The SMILES string of the molecule is CCNC(CC)CCc1cc([N+](=O)[O-])ccc1OC. The molecule has 19 heavy (non-hydrogen) atoms. The number of rotatable bonds is 8. The van der Waals surface area contributed by atoms with Crippen LogP contribution < -0.4 is 10.1 Å². The summed E-state index contributed by atoms with van der Waals surface area (Å²) in [6.45, 7) is 5.15. The van der Waals surface area contributed by atoms with Gasteiger partial charge in [0.2, 0.25) is 0 Å². The van der Waals surface area contributed by atoms with Crippen molar-refractivity contribution in [2.24, 2.45) is 0 Å². The molecule has 0 heterocycles. The molecule has 1 rings (SSSR count). The highest BCUT2D eigenvalue weighted by Gasteiger charge is 2.13. The van der Waals surface area contributed by atoms with Crippen LogP contribution in [-0.4, -0.2) is 24.6 Å². The van der Waals surface area contributed by atoms with Crippen molar-refractivity contribution in [2.75, 3.05) is 13.7 Å². The van der Waals surface area contributed by atoms with Crippen molar-refractivity contribution in [3.8, 4) is 5.75 Å². The lowest BCUT2D eigenvalue weighted by molar-refractivity contribution is -0.384. The summed E-state index contributed by atoms with van der Waals surface area (Å²) in [7, 11) is 1.59. The molecule has 1 unspecified atom stereocenters. The zero-order valence-corrected chi connectivity index (χ0v) is 11.8. The zero-order valence-electron chi connectivity index (χ0n) is 11.8. The Morgan fingerprint density at radius 3 is 2.68 bits per heavy atom. The van der Waals surface area contributed by atoms with E-state index in [1.165, 1.54) is 6.07 Å². The molecular formula is C14H22N2O3. The van der Waals surface area contributed by atoms with Crippen molar-refractivity contribution in [1.82, 2.24) is 5.32 Å². The van der Waals surface area contributed by atoms with E-state index in [2.05, 4.69) is 19.2 Å². The van der Waals surface area contributed by atoms with Crippen LogP contribution in [0.1, 0.15) is 32.3 Å². The molecular weight excluding hydrogens is 244 g/mol. The van der Waals surface area contributed by atoms with E-state index < -0.39 is 0 Å². The number of aryl methyl sites for hydroxylation is 1. The van der Waals surface area contributed by atoms with Crippen molar-refractivity contribution in [2.45, 2.75) is 39.2 Å². The van der Waals surface area contributed by atoms with Crippen LogP contribution in [0.25, 0.3) is 0 Å². The molecule has 5 heteroatoms. The smallest absolute Gasteiger partial charge is 0.269 e. The van der Waals surface area contributed by atoms with E-state index in [0.29, 0.717) is 6.04 Å². The van der Waals surface area contributed by atoms with E-state index >= 15 is 0 Å². The summed E-state index contributed by atoms with van der Waals surface area (Å²) >= 11 is 0. The molecule has 0 aliphatic heterocycles. The fourth-order valence-electron chi connectivity index (χ4n) is 2.14. The van der Waals surface area contributed by atoms with Crippen molar-refractivity contribution < 1.29 is 9.66 Å². The Balaban J connectivity index is 2.79. The molecule has 0 radical (unpaired) electrons. The van der Waals surface area contributed by atoms with E-state index in [1.807, 2.05) is 0 Å². The summed E-state index contributed by atoms with van der Waals surface area (Å²) in [4.78, 5) is 10.4. The summed E-state index contributed by atoms with van der Waals surface area (Å²) < 4.78 is 5.26. The number of nitro groups is 1. The number of nitro benzene ring substituents is 1. The Labute approximate surface area is 114 Å². The summed E-state index contributed by atoms with van der Waals surface area (Å²) in [5.74, 6) is 0.719. The second-order valence-corrected chi connectivity index (χ2v) is 4.45. The fourth-order valence-corrected chi connectivity index (χ4v) is 2.14. The standard InChI is InChI=1S/C14H22N2O3/c1-4-12(15-5-2)7-6-11-10-13(16(17)18)8-9-14(11)19-3/h8-10,12,15H,4-7H2,1-3H3. The molecule has 0 aromatic heterocycles. The van der Waals surface area contributed by atoms with Crippen LogP contribution in [0, 0.1) is 10.1 Å². The number of benzene rings is 1. The monoisotopic (exact) mass is 266 g/mol. The third-order valence-corrected chi connectivity index (χ3v) is 3.22. The Hall–Kier alpha value is -1.62. The van der Waals surface area contributed by atoms with Crippen LogP contribution in [-0.2, 0) is 6.42 Å². The van der Waals surface area contributed by atoms with Gasteiger partial charge in [-0.3, -0.25) is 10.1 Å². The average Bonchev–Trinajstić information content (AvgIpc) is 2.42. The molecule has 0 bridgehead atoms. The van der Waals surface area contributed by atoms with Crippen molar-refractivity contribution in [1.29, 1.82) is 0 Å². The van der Waals surface area contributed by atoms with Crippen LogP contribution in [0.4, 0.5) is 5.69 Å². The number of nitrogens with zero attached hydrogens (tertiary/aromatic N) is 1. The molecule has 106 valence electrons. The van der Waals surface area contributed by atoms with Crippen LogP contribution in [0.3, 0.4) is 0 Å². The Morgan fingerprint density at radius 1 is 1.42 bits per heavy atom. The second-order valence-electron chi connectivity index (χ2n) is 4.45. The van der Waals surface area contributed by atoms with Crippen molar-refractivity contribution in [3.63, 3.8) is 0 Å². The average molecular weight is 266 g/mol. The summed E-state index contributed by atoms with van der Waals surface area (Å²) in [5, 5.41) is 14.2. The minimum absolute atomic E-state index is 0.118. The van der Waals surface area contributed by atoms with Gasteiger partial charge in [0.15, 0.2) is 0 Å². The van der Waals surface area contributed by atoms with Gasteiger partial charge < -0.3 is 10.1 Å². The molecule has 1 aromatic carbocycles. The number of hydrogen-bond acceptors (Lipinski definition) is 4. The van der Waals surface area contributed by atoms with Crippen molar-refractivity contribution >= 4 is 5.69 Å². The van der Waals surface area contributed by atoms with Gasteiger partial charge in [-0.15, -0.1) is 0 Å². The minimum atomic E-state index is -0.370. The first-order chi connectivity index (χ1) is 9.12. The first-order valence-corrected chi connectivity index (χ1v) is 6.67. The molecule has 1 atom stereocenters. The first-order valence-electron chi connectivity index (χ1n) is 6.67. The number of nitrogens with one attached hydrogen (secondary N) is 1. The third-order valence-electron chi connectivity index (χ3n) is 3.22. The summed E-state index contributed by atoms with van der Waals surface area (Å²) in [6.07, 6.45) is 2.77. The molecule has 5 nitrogen and oxygen atoms in total. The molecule has 1 N–H and O–H groups in total. The summed E-state index contributed by atoms with van der Waals surface area (Å²) in [5.41, 5.74) is 1.01. The summed E-state index contributed by atoms with van der Waals surface area (Å²) in [6, 6.07) is 5.19. The second kappa shape index (κ2) is 7.74. The fraction of sp³-hybridized carbons (Fsp3) is 0.571. The minimum Gasteiger partial charge on any atom is -0.496 e. The van der Waals surface area contributed by atoms with Gasteiger partial charge in [0, 0.05) is 23.7 Å². The number of hydrogen-bond donors (Lipinski definition) is 1. The van der Waals surface area contributed by atoms with E-state index in [0.717, 1.165) is 37.1 Å². The molecule has 0 spiro atoms. The van der Waals surface area contributed by atoms with E-state index in [9.17, 15) is 10.1 Å². The van der Waals surface area contributed by atoms with Gasteiger partial charge in [-0.2, -0.15) is 0 Å². The molecule has 0 saturated heterocycles. The van der Waals surface area contributed by atoms with Gasteiger partial charge in [-0.25, -0.2) is 0 Å². The van der Waals surface area contributed by atoms with Gasteiger partial charge in [0.05, 0.1) is 12.0 Å². The van der Waals surface area contributed by atoms with E-state index in [-0.39, 0.29) is 10.6 Å². The highest BCUT2D eigenvalue weighted by molar-refractivity contribution is 5.43. The first kappa shape index (κ1) is 15.4. The predicted octanol–water partition coefficient (Wildman–Crippen LogP) is 2.92. The van der Waals surface area contributed by atoms with Gasteiger partial charge in [0.1, 0.15) is 5.75 Å². The largest absolute Gasteiger partial charge is 0.496 e. The topological polar surface area (TPSA) is 64.4 Å². The molecule has 0 aliphatic rings. The lowest BCUT2D eigenvalue weighted by atomic mass is 10.0. The van der Waals surface area contributed by atoms with Gasteiger partial charge in [-0.1, -0.05) is 13.8 Å². The quantitative estimate of drug-likeness (QED) is 0.580. The van der Waals surface area contributed by atoms with Gasteiger partial charge in [-0.05, 0) is 31.9 Å². The number of methoxy groups -OCH3 is 1. The maximum atomic E-state index is 10.8. The van der Waals surface area contributed by atoms with E-state index in [4.69, 9.17) is 4.74 Å². The highest BCUT2D eigenvalue weighted by atomic mass is 16.6. The Kier molecular flexibility index (Phi) is 6.29. The van der Waals surface area contributed by atoms with Crippen LogP contribution in [0.5, 0.6) is 5.75 Å². The van der Waals surface area contributed by atoms with Crippen LogP contribution in [0.2, 0.25) is 0 Å². The van der Waals surface area contributed by atoms with Gasteiger partial charge in [0.25, 0.3) is 5.69 Å². The zero-order chi connectivity index (χ0) is 14.3. The highest BCUT2D eigenvalue weighted by Crippen LogP contribution is 2.25. The third kappa shape index (κ3) is 4.52. The molecule has 1 aromatic rings. The number of ether oxygens (including phenoxy) is 1. The lowest BCUT2D eigenvalue weighted by Gasteiger charge is -2.16. The van der Waals surface area contributed by atoms with Crippen molar-refractivity contribution in [3.05, 3.63) is 33.9 Å². The maximum Gasteiger partial charge on any atom is 0.269 e. The predicted molar refractivity (Wildman–Crippen MR) is 75.7 cm³/mol. The number of non-ortho nitro benzene ring substituents is 1. The Bertz CT molecular complexity index is 421. The van der Waals surface area contributed by atoms with Gasteiger partial charge >= 0.3 is 0 Å². The Morgan fingerprint density at radius 2 is 2.16 bits per heavy atom. The maximum absolute atomic E-state index is 10.8. The van der Waals surface area contributed by atoms with E-state index in [1.54, 1.807) is 19.2 Å². The molecule has 0 amide bonds.